The molecule has 1 aliphatic heterocycles. The van der Waals surface area contributed by atoms with E-state index in [1.165, 1.54) is 18.5 Å². The number of nitrogens with one attached hydrogen (secondary N) is 1. The highest BCUT2D eigenvalue weighted by molar-refractivity contribution is 6.35. The van der Waals surface area contributed by atoms with Crippen LogP contribution in [0.4, 0.5) is 5.69 Å². The number of hydrogen-bond donors (Lipinski definition) is 1. The van der Waals surface area contributed by atoms with Gasteiger partial charge in [-0.1, -0.05) is 48.3 Å². The Morgan fingerprint density at radius 1 is 1.14 bits per heavy atom. The largest absolute Gasteiger partial charge is 0.372 e. The molecule has 0 aliphatic carbocycles. The highest BCUT2D eigenvalue weighted by Gasteiger charge is 2.16. The molecule has 0 spiro atoms. The van der Waals surface area contributed by atoms with Gasteiger partial charge in [0, 0.05) is 35.2 Å². The van der Waals surface area contributed by atoms with Gasteiger partial charge in [0.2, 0.25) is 5.91 Å². The third-order valence-corrected chi connectivity index (χ3v) is 6.14. The van der Waals surface area contributed by atoms with Gasteiger partial charge in [0.15, 0.2) is 0 Å². The van der Waals surface area contributed by atoms with Crippen LogP contribution in [0.5, 0.6) is 0 Å². The fraction of sp³-hybridized carbons (Fsp3) is 0.435. The van der Waals surface area contributed by atoms with E-state index < -0.39 is 0 Å². The molecule has 1 heterocycles. The van der Waals surface area contributed by atoms with Crippen LogP contribution in [0.15, 0.2) is 42.5 Å². The molecular formula is C23H28Cl2N2O. The molecule has 2 aromatic carbocycles. The molecule has 0 aromatic heterocycles. The summed E-state index contributed by atoms with van der Waals surface area (Å²) in [6.07, 6.45) is 3.51. The van der Waals surface area contributed by atoms with E-state index in [4.69, 9.17) is 23.2 Å². The topological polar surface area (TPSA) is 32.3 Å². The summed E-state index contributed by atoms with van der Waals surface area (Å²) in [5, 5.41) is 4.29. The van der Waals surface area contributed by atoms with E-state index in [0.717, 1.165) is 30.1 Å². The Bertz CT molecular complexity index is 799. The Kier molecular flexibility index (Phi) is 7.25. The average Bonchev–Trinajstić information content (AvgIpc) is 2.68. The zero-order valence-corrected chi connectivity index (χ0v) is 18.1. The van der Waals surface area contributed by atoms with Crippen molar-refractivity contribution in [3.63, 3.8) is 0 Å². The average molecular weight is 419 g/mol. The number of benzene rings is 2. The zero-order valence-electron chi connectivity index (χ0n) is 16.6. The fourth-order valence-corrected chi connectivity index (χ4v) is 4.11. The molecule has 3 rings (SSSR count). The first kappa shape index (κ1) is 21.0. The molecule has 150 valence electrons. The van der Waals surface area contributed by atoms with Crippen molar-refractivity contribution in [2.24, 2.45) is 5.92 Å². The van der Waals surface area contributed by atoms with Crippen LogP contribution >= 0.6 is 23.2 Å². The van der Waals surface area contributed by atoms with Crippen LogP contribution in [-0.2, 0) is 11.2 Å². The minimum absolute atomic E-state index is 0.0209. The molecule has 3 nitrogen and oxygen atoms in total. The highest BCUT2D eigenvalue weighted by atomic mass is 35.5. The van der Waals surface area contributed by atoms with Crippen molar-refractivity contribution >= 4 is 34.8 Å². The van der Waals surface area contributed by atoms with Gasteiger partial charge < -0.3 is 10.2 Å². The van der Waals surface area contributed by atoms with Crippen LogP contribution in [0.25, 0.3) is 0 Å². The fourth-order valence-electron chi connectivity index (χ4n) is 3.61. The molecule has 1 fully saturated rings. The van der Waals surface area contributed by atoms with Gasteiger partial charge in [0.25, 0.3) is 0 Å². The molecule has 5 heteroatoms. The van der Waals surface area contributed by atoms with Crippen LogP contribution in [0, 0.1) is 5.92 Å². The maximum absolute atomic E-state index is 12.3. The minimum atomic E-state index is -0.0244. The highest BCUT2D eigenvalue weighted by Crippen LogP contribution is 2.25. The smallest absolute Gasteiger partial charge is 0.220 e. The van der Waals surface area contributed by atoms with Crippen molar-refractivity contribution in [2.45, 2.75) is 45.6 Å². The number of aryl methyl sites for hydroxylation is 1. The van der Waals surface area contributed by atoms with Gasteiger partial charge in [-0.3, -0.25) is 4.79 Å². The number of carbonyl (C=O) groups excluding carboxylic acids is 1. The molecule has 28 heavy (non-hydrogen) atoms. The molecule has 2 aromatic rings. The minimum Gasteiger partial charge on any atom is -0.372 e. The van der Waals surface area contributed by atoms with Crippen LogP contribution in [0.1, 0.15) is 50.3 Å². The molecule has 1 amide bonds. The monoisotopic (exact) mass is 418 g/mol. The summed E-state index contributed by atoms with van der Waals surface area (Å²) in [6, 6.07) is 13.9. The number of anilines is 1. The summed E-state index contributed by atoms with van der Waals surface area (Å²) in [7, 11) is 0. The molecule has 1 aliphatic rings. The Hall–Kier alpha value is -1.71. The van der Waals surface area contributed by atoms with Gasteiger partial charge >= 0.3 is 0 Å². The summed E-state index contributed by atoms with van der Waals surface area (Å²) in [5.74, 6) is 0.848. The second-order valence-corrected chi connectivity index (χ2v) is 8.63. The van der Waals surface area contributed by atoms with Crippen LogP contribution in [-0.4, -0.2) is 19.0 Å². The summed E-state index contributed by atoms with van der Waals surface area (Å²) in [5.41, 5.74) is 3.33. The molecule has 1 atom stereocenters. The Morgan fingerprint density at radius 3 is 2.46 bits per heavy atom. The maximum atomic E-state index is 12.3. The SMILES string of the molecule is CC1CCN(c2ccc([C@@H](C)NC(=O)CCc3ccc(Cl)cc3Cl)cc2)CC1. The molecular weight excluding hydrogens is 391 g/mol. The van der Waals surface area contributed by atoms with Crippen molar-refractivity contribution in [3.8, 4) is 0 Å². The van der Waals surface area contributed by atoms with E-state index in [0.29, 0.717) is 22.9 Å². The van der Waals surface area contributed by atoms with Crippen molar-refractivity contribution in [2.75, 3.05) is 18.0 Å². The number of hydrogen-bond acceptors (Lipinski definition) is 2. The van der Waals surface area contributed by atoms with E-state index in [2.05, 4.69) is 41.4 Å². The van der Waals surface area contributed by atoms with Crippen molar-refractivity contribution in [1.29, 1.82) is 0 Å². The molecule has 0 saturated carbocycles. The van der Waals surface area contributed by atoms with Gasteiger partial charge in [-0.25, -0.2) is 0 Å². The van der Waals surface area contributed by atoms with E-state index in [1.54, 1.807) is 12.1 Å². The lowest BCUT2D eigenvalue weighted by molar-refractivity contribution is -0.121. The van der Waals surface area contributed by atoms with Gasteiger partial charge in [-0.2, -0.15) is 0 Å². The van der Waals surface area contributed by atoms with E-state index >= 15 is 0 Å². The van der Waals surface area contributed by atoms with Crippen LogP contribution in [0.3, 0.4) is 0 Å². The number of carbonyl (C=O) groups is 1. The molecule has 0 unspecified atom stereocenters. The van der Waals surface area contributed by atoms with Crippen molar-refractivity contribution in [1.82, 2.24) is 5.32 Å². The Labute approximate surface area is 178 Å². The lowest BCUT2D eigenvalue weighted by Crippen LogP contribution is -2.32. The Morgan fingerprint density at radius 2 is 1.82 bits per heavy atom. The molecule has 1 N–H and O–H groups in total. The normalized spacial score (nSPS) is 16.1. The van der Waals surface area contributed by atoms with Gasteiger partial charge in [-0.15, -0.1) is 0 Å². The van der Waals surface area contributed by atoms with Gasteiger partial charge in [0.05, 0.1) is 6.04 Å². The quantitative estimate of drug-likeness (QED) is 0.619. The first-order valence-corrected chi connectivity index (χ1v) is 10.8. The second kappa shape index (κ2) is 9.67. The van der Waals surface area contributed by atoms with Crippen LogP contribution in [0.2, 0.25) is 10.0 Å². The lowest BCUT2D eigenvalue weighted by Gasteiger charge is -2.32. The summed E-state index contributed by atoms with van der Waals surface area (Å²) < 4.78 is 0. The second-order valence-electron chi connectivity index (χ2n) is 7.79. The first-order valence-electron chi connectivity index (χ1n) is 10.0. The summed E-state index contributed by atoms with van der Waals surface area (Å²) >= 11 is 12.1. The Balaban J connectivity index is 1.51. The van der Waals surface area contributed by atoms with Crippen LogP contribution < -0.4 is 10.2 Å². The number of rotatable bonds is 6. The molecule has 0 bridgehead atoms. The standard InChI is InChI=1S/C23H28Cl2N2O/c1-16-11-13-27(14-12-16)21-8-4-18(5-9-21)17(2)26-23(28)10-6-19-3-7-20(24)15-22(19)25/h3-5,7-9,15-17H,6,10-14H2,1-2H3,(H,26,28)/t17-/m1/s1. The third-order valence-electron chi connectivity index (χ3n) is 5.56. The van der Waals surface area contributed by atoms with Crippen molar-refractivity contribution in [3.05, 3.63) is 63.6 Å². The number of amides is 1. The van der Waals surface area contributed by atoms with E-state index in [1.807, 2.05) is 13.0 Å². The van der Waals surface area contributed by atoms with E-state index in [9.17, 15) is 4.79 Å². The molecule has 0 radical (unpaired) electrons. The third kappa shape index (κ3) is 5.65. The number of halogens is 2. The molecule has 1 saturated heterocycles. The van der Waals surface area contributed by atoms with Gasteiger partial charge in [0.1, 0.15) is 0 Å². The summed E-state index contributed by atoms with van der Waals surface area (Å²) in [4.78, 5) is 14.8. The first-order chi connectivity index (χ1) is 13.4. The lowest BCUT2D eigenvalue weighted by atomic mass is 9.98. The van der Waals surface area contributed by atoms with Gasteiger partial charge in [-0.05, 0) is 67.5 Å². The zero-order chi connectivity index (χ0) is 20.1. The maximum Gasteiger partial charge on any atom is 0.220 e. The number of nitrogens with zero attached hydrogens (tertiary/aromatic N) is 1. The summed E-state index contributed by atoms with van der Waals surface area (Å²) in [6.45, 7) is 6.59. The van der Waals surface area contributed by atoms with Crippen molar-refractivity contribution < 1.29 is 4.79 Å². The predicted molar refractivity (Wildman–Crippen MR) is 118 cm³/mol. The number of piperidine rings is 1. The van der Waals surface area contributed by atoms with E-state index in [-0.39, 0.29) is 11.9 Å². The predicted octanol–water partition coefficient (Wildman–Crippen LogP) is 6.04.